The third kappa shape index (κ3) is 5.37. The van der Waals surface area contributed by atoms with Gasteiger partial charge < -0.3 is 5.32 Å². The highest BCUT2D eigenvalue weighted by Crippen LogP contribution is 2.22. The summed E-state index contributed by atoms with van der Waals surface area (Å²) in [4.78, 5) is 12.3. The van der Waals surface area contributed by atoms with Crippen LogP contribution in [0.5, 0.6) is 0 Å². The van der Waals surface area contributed by atoms with Crippen molar-refractivity contribution in [2.24, 2.45) is 5.92 Å². The van der Waals surface area contributed by atoms with Gasteiger partial charge in [-0.2, -0.15) is 0 Å². The first-order chi connectivity index (χ1) is 12.9. The maximum atomic E-state index is 12.9. The summed E-state index contributed by atoms with van der Waals surface area (Å²) < 4.78 is 39.5. The Hall–Kier alpha value is -2.25. The Bertz CT molecular complexity index is 862. The van der Waals surface area contributed by atoms with Gasteiger partial charge in [-0.1, -0.05) is 30.3 Å². The van der Waals surface area contributed by atoms with Crippen molar-refractivity contribution in [3.63, 3.8) is 0 Å². The van der Waals surface area contributed by atoms with E-state index >= 15 is 0 Å². The van der Waals surface area contributed by atoms with Crippen molar-refractivity contribution >= 4 is 21.6 Å². The number of piperidine rings is 1. The highest BCUT2D eigenvalue weighted by atomic mass is 32.2. The number of hydrogen-bond donors (Lipinski definition) is 1. The number of nitrogens with zero attached hydrogens (tertiary/aromatic N) is 1. The summed E-state index contributed by atoms with van der Waals surface area (Å²) >= 11 is 0. The first kappa shape index (κ1) is 19.5. The number of anilines is 1. The molecule has 1 aliphatic heterocycles. The average molecular weight is 390 g/mol. The second-order valence-corrected chi connectivity index (χ2v) is 8.81. The van der Waals surface area contributed by atoms with E-state index in [0.717, 1.165) is 5.56 Å². The molecule has 144 valence electrons. The molecule has 0 unspecified atom stereocenters. The number of hydrogen-bond acceptors (Lipinski definition) is 3. The molecule has 0 aromatic heterocycles. The van der Waals surface area contributed by atoms with Crippen molar-refractivity contribution < 1.29 is 17.6 Å². The van der Waals surface area contributed by atoms with Crippen LogP contribution in [-0.4, -0.2) is 37.5 Å². The van der Waals surface area contributed by atoms with Crippen LogP contribution in [0, 0.1) is 11.7 Å². The van der Waals surface area contributed by atoms with Gasteiger partial charge in [0.15, 0.2) is 0 Å². The van der Waals surface area contributed by atoms with Crippen LogP contribution in [0.15, 0.2) is 54.6 Å². The Kier molecular flexibility index (Phi) is 6.23. The van der Waals surface area contributed by atoms with Gasteiger partial charge >= 0.3 is 0 Å². The standard InChI is InChI=1S/C20H23FN2O3S/c21-18-6-8-19(9-7-18)22-20(24)17-10-13-23(14-11-17)27(25,26)15-12-16-4-2-1-3-5-16/h1-9,17H,10-15H2,(H,22,24). The lowest BCUT2D eigenvalue weighted by Crippen LogP contribution is -2.42. The van der Waals surface area contributed by atoms with E-state index in [-0.39, 0.29) is 23.4 Å². The van der Waals surface area contributed by atoms with Crippen molar-refractivity contribution in [2.75, 3.05) is 24.2 Å². The molecule has 0 spiro atoms. The monoisotopic (exact) mass is 390 g/mol. The lowest BCUT2D eigenvalue weighted by atomic mass is 9.97. The maximum Gasteiger partial charge on any atom is 0.227 e. The molecule has 1 saturated heterocycles. The van der Waals surface area contributed by atoms with E-state index in [4.69, 9.17) is 0 Å². The zero-order valence-electron chi connectivity index (χ0n) is 15.0. The fourth-order valence-electron chi connectivity index (χ4n) is 3.19. The molecule has 2 aromatic carbocycles. The zero-order valence-corrected chi connectivity index (χ0v) is 15.8. The first-order valence-electron chi connectivity index (χ1n) is 9.02. The average Bonchev–Trinajstić information content (AvgIpc) is 2.69. The van der Waals surface area contributed by atoms with Gasteiger partial charge in [-0.15, -0.1) is 0 Å². The Morgan fingerprint density at radius 3 is 2.30 bits per heavy atom. The molecule has 0 atom stereocenters. The van der Waals surface area contributed by atoms with Crippen LogP contribution in [0.25, 0.3) is 0 Å². The molecule has 3 rings (SSSR count). The predicted molar refractivity (Wildman–Crippen MR) is 103 cm³/mol. The number of carbonyl (C=O) groups is 1. The van der Waals surface area contributed by atoms with Gasteiger partial charge in [-0.25, -0.2) is 17.1 Å². The van der Waals surface area contributed by atoms with Crippen molar-refractivity contribution in [3.05, 3.63) is 66.0 Å². The molecule has 1 aliphatic rings. The molecule has 1 heterocycles. The van der Waals surface area contributed by atoms with Gasteiger partial charge in [-0.05, 0) is 49.1 Å². The SMILES string of the molecule is O=C(Nc1ccc(F)cc1)C1CCN(S(=O)(=O)CCc2ccccc2)CC1. The fraction of sp³-hybridized carbons (Fsp3) is 0.350. The quantitative estimate of drug-likeness (QED) is 0.824. The number of carbonyl (C=O) groups excluding carboxylic acids is 1. The molecule has 1 N–H and O–H groups in total. The van der Waals surface area contributed by atoms with E-state index in [2.05, 4.69) is 5.32 Å². The van der Waals surface area contributed by atoms with E-state index in [1.807, 2.05) is 30.3 Å². The predicted octanol–water partition coefficient (Wildman–Crippen LogP) is 3.05. The molecule has 0 aliphatic carbocycles. The van der Waals surface area contributed by atoms with Crippen molar-refractivity contribution in [1.82, 2.24) is 4.31 Å². The Labute approximate surface area is 159 Å². The summed E-state index contributed by atoms with van der Waals surface area (Å²) in [6.45, 7) is 0.692. The van der Waals surface area contributed by atoms with E-state index < -0.39 is 10.0 Å². The number of rotatable bonds is 6. The van der Waals surface area contributed by atoms with Gasteiger partial charge in [0.25, 0.3) is 0 Å². The van der Waals surface area contributed by atoms with E-state index in [1.165, 1.54) is 28.6 Å². The molecule has 27 heavy (non-hydrogen) atoms. The van der Waals surface area contributed by atoms with Crippen LogP contribution in [0.3, 0.4) is 0 Å². The van der Waals surface area contributed by atoms with Crippen LogP contribution >= 0.6 is 0 Å². The van der Waals surface area contributed by atoms with Crippen LogP contribution in [-0.2, 0) is 21.2 Å². The molecular formula is C20H23FN2O3S. The summed E-state index contributed by atoms with van der Waals surface area (Å²) in [5.74, 6) is -0.677. The van der Waals surface area contributed by atoms with Gasteiger partial charge in [-0.3, -0.25) is 4.79 Å². The highest BCUT2D eigenvalue weighted by molar-refractivity contribution is 7.89. The Morgan fingerprint density at radius 2 is 1.67 bits per heavy atom. The lowest BCUT2D eigenvalue weighted by molar-refractivity contribution is -0.120. The number of amides is 1. The van der Waals surface area contributed by atoms with Crippen LogP contribution in [0.4, 0.5) is 10.1 Å². The largest absolute Gasteiger partial charge is 0.326 e. The normalized spacial score (nSPS) is 16.2. The van der Waals surface area contributed by atoms with E-state index in [1.54, 1.807) is 0 Å². The number of benzene rings is 2. The van der Waals surface area contributed by atoms with Crippen LogP contribution in [0.1, 0.15) is 18.4 Å². The number of nitrogens with one attached hydrogen (secondary N) is 1. The molecule has 1 fully saturated rings. The molecule has 5 nitrogen and oxygen atoms in total. The Balaban J connectivity index is 1.50. The fourth-order valence-corrected chi connectivity index (χ4v) is 4.71. The maximum absolute atomic E-state index is 12.9. The minimum absolute atomic E-state index is 0.0729. The van der Waals surface area contributed by atoms with E-state index in [9.17, 15) is 17.6 Å². The number of aryl methyl sites for hydroxylation is 1. The van der Waals surface area contributed by atoms with Crippen LogP contribution < -0.4 is 5.32 Å². The van der Waals surface area contributed by atoms with Gasteiger partial charge in [0.2, 0.25) is 15.9 Å². The summed E-state index contributed by atoms with van der Waals surface area (Å²) in [6.07, 6.45) is 1.45. The molecule has 0 radical (unpaired) electrons. The first-order valence-corrected chi connectivity index (χ1v) is 10.6. The van der Waals surface area contributed by atoms with Gasteiger partial charge in [0, 0.05) is 24.7 Å². The smallest absolute Gasteiger partial charge is 0.227 e. The van der Waals surface area contributed by atoms with Crippen LogP contribution in [0.2, 0.25) is 0 Å². The molecule has 0 saturated carbocycles. The molecule has 0 bridgehead atoms. The summed E-state index contributed by atoms with van der Waals surface area (Å²) in [7, 11) is -3.33. The summed E-state index contributed by atoms with van der Waals surface area (Å²) in [5, 5.41) is 2.77. The molecule has 7 heteroatoms. The van der Waals surface area contributed by atoms with Crippen molar-refractivity contribution in [1.29, 1.82) is 0 Å². The lowest BCUT2D eigenvalue weighted by Gasteiger charge is -2.30. The minimum atomic E-state index is -3.33. The molecule has 1 amide bonds. The zero-order chi connectivity index (χ0) is 19.3. The number of halogens is 1. The second kappa shape index (κ2) is 8.63. The van der Waals surface area contributed by atoms with Crippen molar-refractivity contribution in [3.8, 4) is 0 Å². The van der Waals surface area contributed by atoms with Gasteiger partial charge in [0.1, 0.15) is 5.82 Å². The minimum Gasteiger partial charge on any atom is -0.326 e. The summed E-state index contributed by atoms with van der Waals surface area (Å²) in [5.41, 5.74) is 1.54. The van der Waals surface area contributed by atoms with E-state index in [0.29, 0.717) is 38.0 Å². The molecule has 2 aromatic rings. The van der Waals surface area contributed by atoms with Gasteiger partial charge in [0.05, 0.1) is 5.75 Å². The second-order valence-electron chi connectivity index (χ2n) is 6.72. The van der Waals surface area contributed by atoms with Crippen molar-refractivity contribution in [2.45, 2.75) is 19.3 Å². The topological polar surface area (TPSA) is 66.5 Å². The Morgan fingerprint density at radius 1 is 1.04 bits per heavy atom. The third-order valence-electron chi connectivity index (χ3n) is 4.82. The number of sulfonamides is 1. The molecular weight excluding hydrogens is 367 g/mol. The third-order valence-corrected chi connectivity index (χ3v) is 6.69. The summed E-state index contributed by atoms with van der Waals surface area (Å²) in [6, 6.07) is 15.1. The highest BCUT2D eigenvalue weighted by Gasteiger charge is 2.30.